The standard InChI is InChI=1S/C24H28F3N3O4/c1-13-9-16(5-6-17(13)26)28-21(33)18-14(2)19(30(8-7-25)15(18)3)20(32)22(34)29-24(12-31)10-23(4,27)11-24/h5-6,9,31H,7-8,10-12H2,1-4H3,(H,28,33)(H,29,34). The van der Waals surface area contributed by atoms with Crippen LogP contribution in [-0.2, 0) is 11.3 Å². The van der Waals surface area contributed by atoms with Crippen molar-refractivity contribution in [1.82, 2.24) is 9.88 Å². The van der Waals surface area contributed by atoms with Crippen molar-refractivity contribution in [3.8, 4) is 0 Å². The van der Waals surface area contributed by atoms with E-state index in [0.29, 0.717) is 11.3 Å². The summed E-state index contributed by atoms with van der Waals surface area (Å²) in [6, 6.07) is 4.04. The van der Waals surface area contributed by atoms with E-state index in [-0.39, 0.29) is 41.9 Å². The number of carbonyl (C=O) groups excluding carboxylic acids is 3. The van der Waals surface area contributed by atoms with Gasteiger partial charge in [0.25, 0.3) is 17.6 Å². The van der Waals surface area contributed by atoms with Gasteiger partial charge in [-0.3, -0.25) is 14.4 Å². The van der Waals surface area contributed by atoms with Crippen LogP contribution < -0.4 is 10.6 Å². The van der Waals surface area contributed by atoms with E-state index in [4.69, 9.17) is 0 Å². The van der Waals surface area contributed by atoms with Gasteiger partial charge in [-0.2, -0.15) is 0 Å². The van der Waals surface area contributed by atoms with Crippen LogP contribution in [0.5, 0.6) is 0 Å². The number of rotatable bonds is 8. The lowest BCUT2D eigenvalue weighted by molar-refractivity contribution is -0.125. The summed E-state index contributed by atoms with van der Waals surface area (Å²) in [5.74, 6) is -3.14. The quantitative estimate of drug-likeness (QED) is 0.399. The molecule has 0 unspecified atom stereocenters. The third-order valence-electron chi connectivity index (χ3n) is 6.23. The maximum Gasteiger partial charge on any atom is 0.294 e. The van der Waals surface area contributed by atoms with Gasteiger partial charge in [-0.05, 0) is 57.0 Å². The summed E-state index contributed by atoms with van der Waals surface area (Å²) >= 11 is 0. The molecule has 1 aliphatic rings. The van der Waals surface area contributed by atoms with E-state index in [1.54, 1.807) is 6.92 Å². The van der Waals surface area contributed by atoms with E-state index in [2.05, 4.69) is 10.6 Å². The average Bonchev–Trinajstić information content (AvgIpc) is 2.98. The number of amides is 2. The van der Waals surface area contributed by atoms with Gasteiger partial charge in [0.05, 0.1) is 29.9 Å². The Kier molecular flexibility index (Phi) is 6.93. The van der Waals surface area contributed by atoms with Crippen LogP contribution in [0.3, 0.4) is 0 Å². The van der Waals surface area contributed by atoms with Crippen molar-refractivity contribution in [2.75, 3.05) is 18.6 Å². The predicted molar refractivity (Wildman–Crippen MR) is 120 cm³/mol. The molecule has 0 spiro atoms. The number of benzene rings is 1. The van der Waals surface area contributed by atoms with Gasteiger partial charge in [0.15, 0.2) is 0 Å². The third kappa shape index (κ3) is 4.72. The Bertz CT molecular complexity index is 1150. The van der Waals surface area contributed by atoms with E-state index in [1.165, 1.54) is 43.5 Å². The van der Waals surface area contributed by atoms with Crippen LogP contribution >= 0.6 is 0 Å². The van der Waals surface area contributed by atoms with Crippen molar-refractivity contribution < 1.29 is 32.7 Å². The number of aliphatic hydroxyl groups excluding tert-OH is 1. The first kappa shape index (κ1) is 25.5. The third-order valence-corrected chi connectivity index (χ3v) is 6.23. The predicted octanol–water partition coefficient (Wildman–Crippen LogP) is 3.33. The second-order valence-corrected chi connectivity index (χ2v) is 9.18. The summed E-state index contributed by atoms with van der Waals surface area (Å²) in [4.78, 5) is 38.8. The summed E-state index contributed by atoms with van der Waals surface area (Å²) < 4.78 is 42.1. The first-order chi connectivity index (χ1) is 15.8. The van der Waals surface area contributed by atoms with E-state index < -0.39 is 47.9 Å². The zero-order valence-electron chi connectivity index (χ0n) is 19.5. The molecule has 184 valence electrons. The lowest BCUT2D eigenvalue weighted by Crippen LogP contribution is -2.65. The van der Waals surface area contributed by atoms with Crippen molar-refractivity contribution in [3.05, 3.63) is 52.1 Å². The highest BCUT2D eigenvalue weighted by Crippen LogP contribution is 2.43. The fourth-order valence-electron chi connectivity index (χ4n) is 4.81. The Labute approximate surface area is 195 Å². The Morgan fingerprint density at radius 3 is 2.35 bits per heavy atom. The topological polar surface area (TPSA) is 100 Å². The van der Waals surface area contributed by atoms with E-state index in [1.807, 2.05) is 0 Å². The van der Waals surface area contributed by atoms with Gasteiger partial charge in [0.2, 0.25) is 0 Å². The number of carbonyl (C=O) groups is 3. The maximum absolute atomic E-state index is 14.0. The molecule has 1 fully saturated rings. The van der Waals surface area contributed by atoms with Crippen molar-refractivity contribution in [1.29, 1.82) is 0 Å². The molecular formula is C24H28F3N3O4. The van der Waals surface area contributed by atoms with Crippen LogP contribution in [0, 0.1) is 26.6 Å². The minimum atomic E-state index is -1.57. The summed E-state index contributed by atoms with van der Waals surface area (Å²) in [5, 5.41) is 14.7. The fourth-order valence-corrected chi connectivity index (χ4v) is 4.81. The van der Waals surface area contributed by atoms with Gasteiger partial charge in [-0.25, -0.2) is 13.2 Å². The smallest absolute Gasteiger partial charge is 0.294 e. The highest BCUT2D eigenvalue weighted by molar-refractivity contribution is 6.43. The number of Topliss-reactive ketones (excluding diaryl/α,β-unsaturated/α-hetero) is 1. The number of ketones is 1. The number of nitrogens with one attached hydrogen (secondary N) is 2. The number of alkyl halides is 2. The molecule has 3 N–H and O–H groups in total. The first-order valence-electron chi connectivity index (χ1n) is 10.8. The molecule has 10 heteroatoms. The normalized spacial score (nSPS) is 21.6. The van der Waals surface area contributed by atoms with Crippen molar-refractivity contribution >= 4 is 23.3 Å². The second-order valence-electron chi connectivity index (χ2n) is 9.18. The van der Waals surface area contributed by atoms with Crippen LogP contribution in [0.25, 0.3) is 0 Å². The molecule has 1 aliphatic carbocycles. The zero-order chi connectivity index (χ0) is 25.4. The summed E-state index contributed by atoms with van der Waals surface area (Å²) in [6.07, 6.45) is -0.298. The highest BCUT2D eigenvalue weighted by atomic mass is 19.1. The lowest BCUT2D eigenvalue weighted by Gasteiger charge is -2.49. The summed E-state index contributed by atoms with van der Waals surface area (Å²) in [6.45, 7) is 4.21. The molecule has 3 rings (SSSR count). The Morgan fingerprint density at radius 1 is 1.18 bits per heavy atom. The Morgan fingerprint density at radius 2 is 1.82 bits per heavy atom. The van der Waals surface area contributed by atoms with Gasteiger partial charge >= 0.3 is 0 Å². The number of hydrogen-bond acceptors (Lipinski definition) is 4. The SMILES string of the molecule is Cc1cc(NC(=O)c2c(C)c(C(=O)C(=O)NC3(CO)CC(C)(F)C3)n(CCF)c2C)ccc1F. The van der Waals surface area contributed by atoms with Gasteiger partial charge in [0, 0.05) is 24.2 Å². The van der Waals surface area contributed by atoms with Crippen LogP contribution in [-0.4, -0.2) is 51.8 Å². The molecule has 1 saturated carbocycles. The molecular weight excluding hydrogens is 451 g/mol. The number of nitrogens with zero attached hydrogens (tertiary/aromatic N) is 1. The second kappa shape index (κ2) is 9.25. The van der Waals surface area contributed by atoms with Crippen molar-refractivity contribution in [2.45, 2.75) is 58.3 Å². The maximum atomic E-state index is 14.0. The monoisotopic (exact) mass is 479 g/mol. The van der Waals surface area contributed by atoms with Gasteiger partial charge in [-0.15, -0.1) is 0 Å². The minimum Gasteiger partial charge on any atom is -0.394 e. The van der Waals surface area contributed by atoms with Gasteiger partial charge < -0.3 is 20.3 Å². The molecule has 2 aromatic rings. The van der Waals surface area contributed by atoms with Gasteiger partial charge in [-0.1, -0.05) is 0 Å². The fraction of sp³-hybridized carbons (Fsp3) is 0.458. The van der Waals surface area contributed by atoms with Crippen LogP contribution in [0.2, 0.25) is 0 Å². The van der Waals surface area contributed by atoms with Crippen molar-refractivity contribution in [2.24, 2.45) is 0 Å². The molecule has 0 aliphatic heterocycles. The molecule has 1 aromatic heterocycles. The molecule has 2 amide bonds. The number of aliphatic hydroxyl groups is 1. The molecule has 1 aromatic carbocycles. The Hall–Kier alpha value is -3.14. The van der Waals surface area contributed by atoms with Crippen LogP contribution in [0.15, 0.2) is 18.2 Å². The minimum absolute atomic E-state index is 0.0865. The summed E-state index contributed by atoms with van der Waals surface area (Å²) in [5.41, 5.74) is -1.79. The molecule has 34 heavy (non-hydrogen) atoms. The average molecular weight is 479 g/mol. The van der Waals surface area contributed by atoms with E-state index >= 15 is 0 Å². The molecule has 0 saturated heterocycles. The number of aromatic nitrogens is 1. The number of hydrogen-bond donors (Lipinski definition) is 3. The van der Waals surface area contributed by atoms with Crippen molar-refractivity contribution in [3.63, 3.8) is 0 Å². The molecule has 7 nitrogen and oxygen atoms in total. The largest absolute Gasteiger partial charge is 0.394 e. The molecule has 0 atom stereocenters. The number of anilines is 1. The van der Waals surface area contributed by atoms with E-state index in [0.717, 1.165) is 0 Å². The lowest BCUT2D eigenvalue weighted by atomic mass is 9.67. The molecule has 1 heterocycles. The molecule has 0 radical (unpaired) electrons. The number of aryl methyl sites for hydroxylation is 1. The zero-order valence-corrected chi connectivity index (χ0v) is 19.5. The number of halogens is 3. The van der Waals surface area contributed by atoms with Gasteiger partial charge in [0.1, 0.15) is 18.2 Å². The van der Waals surface area contributed by atoms with E-state index in [9.17, 15) is 32.7 Å². The summed E-state index contributed by atoms with van der Waals surface area (Å²) in [7, 11) is 0. The Balaban J connectivity index is 1.92. The van der Waals surface area contributed by atoms with Crippen LogP contribution in [0.1, 0.15) is 57.4 Å². The first-order valence-corrected chi connectivity index (χ1v) is 10.8. The van der Waals surface area contributed by atoms with Crippen LogP contribution in [0.4, 0.5) is 18.9 Å². The highest BCUT2D eigenvalue weighted by Gasteiger charge is 2.53. The molecule has 0 bridgehead atoms.